The van der Waals surface area contributed by atoms with E-state index < -0.39 is 17.4 Å². The van der Waals surface area contributed by atoms with Gasteiger partial charge in [-0.15, -0.1) is 10.2 Å². The van der Waals surface area contributed by atoms with Crippen LogP contribution in [0.1, 0.15) is 17.2 Å². The van der Waals surface area contributed by atoms with Gasteiger partial charge in [-0.3, -0.25) is 14.6 Å². The summed E-state index contributed by atoms with van der Waals surface area (Å²) in [6.45, 7) is 0. The Morgan fingerprint density at radius 3 is 2.64 bits per heavy atom. The molecular weight excluding hydrogens is 312 g/mol. The van der Waals surface area contributed by atoms with Crippen molar-refractivity contribution in [3.05, 3.63) is 50.9 Å². The quantitative estimate of drug-likeness (QED) is 0.629. The lowest BCUT2D eigenvalue weighted by Crippen LogP contribution is -2.27. The number of nitrogens with zero attached hydrogens (tertiary/aromatic N) is 4. The van der Waals surface area contributed by atoms with Crippen LogP contribution in [0.15, 0.2) is 29.1 Å². The molecule has 22 heavy (non-hydrogen) atoms. The molecule has 1 aromatic carbocycles. The van der Waals surface area contributed by atoms with Gasteiger partial charge in [-0.25, -0.2) is 0 Å². The fraction of sp³-hybridized carbons (Fsp3) is 0.0833. The minimum Gasteiger partial charge on any atom is -0.480 e. The third kappa shape index (κ3) is 2.27. The molecule has 3 aromatic rings. The van der Waals surface area contributed by atoms with Gasteiger partial charge in [-0.05, 0) is 17.7 Å². The predicted molar refractivity (Wildman–Crippen MR) is 76.7 cm³/mol. The number of rotatable bonds is 3. The number of nitrogens with two attached hydrogens (primary N) is 1. The van der Waals surface area contributed by atoms with Gasteiger partial charge in [0, 0.05) is 5.02 Å². The van der Waals surface area contributed by atoms with Crippen molar-refractivity contribution < 1.29 is 9.90 Å². The minimum atomic E-state index is -1.27. The third-order valence-corrected chi connectivity index (χ3v) is 3.31. The maximum absolute atomic E-state index is 12.1. The van der Waals surface area contributed by atoms with Crippen LogP contribution in [0.5, 0.6) is 0 Å². The molecule has 0 radical (unpaired) electrons. The smallest absolute Gasteiger partial charge is 0.317 e. The molecule has 0 spiro atoms. The van der Waals surface area contributed by atoms with E-state index in [4.69, 9.17) is 17.3 Å². The number of H-pyrrole nitrogens is 1. The summed E-state index contributed by atoms with van der Waals surface area (Å²) in [6.07, 6.45) is 0. The summed E-state index contributed by atoms with van der Waals surface area (Å²) in [5.41, 5.74) is 5.03. The highest BCUT2D eigenvalue weighted by Gasteiger charge is 2.28. The zero-order valence-electron chi connectivity index (χ0n) is 10.9. The zero-order valence-corrected chi connectivity index (χ0v) is 11.7. The normalized spacial score (nSPS) is 12.4. The van der Waals surface area contributed by atoms with Gasteiger partial charge in [0.2, 0.25) is 5.95 Å². The topological polar surface area (TPSA) is 139 Å². The first-order valence-electron chi connectivity index (χ1n) is 6.06. The molecule has 0 aliphatic rings. The van der Waals surface area contributed by atoms with Crippen LogP contribution >= 0.6 is 11.6 Å². The maximum Gasteiger partial charge on any atom is 0.317 e. The van der Waals surface area contributed by atoms with Crippen molar-refractivity contribution in [3.63, 3.8) is 0 Å². The number of fused-ring (bicyclic) bond motifs is 1. The number of carboxylic acids is 1. The highest BCUT2D eigenvalue weighted by atomic mass is 35.5. The molecule has 0 saturated carbocycles. The molecule has 0 aliphatic carbocycles. The molecule has 0 bridgehead atoms. The Morgan fingerprint density at radius 1 is 1.32 bits per heavy atom. The first kappa shape index (κ1) is 14.0. The van der Waals surface area contributed by atoms with Gasteiger partial charge < -0.3 is 10.8 Å². The minimum absolute atomic E-state index is 0.0338. The number of carboxylic acid groups (broad SMARTS) is 1. The van der Waals surface area contributed by atoms with Crippen LogP contribution in [0.2, 0.25) is 5.02 Å². The fourth-order valence-corrected chi connectivity index (χ4v) is 2.17. The van der Waals surface area contributed by atoms with Gasteiger partial charge in [-0.1, -0.05) is 23.7 Å². The van der Waals surface area contributed by atoms with Crippen molar-refractivity contribution in [2.24, 2.45) is 0 Å². The average Bonchev–Trinajstić information content (AvgIpc) is 2.82. The van der Waals surface area contributed by atoms with Crippen molar-refractivity contribution in [2.75, 3.05) is 5.73 Å². The van der Waals surface area contributed by atoms with Crippen LogP contribution < -0.4 is 11.3 Å². The Kier molecular flexibility index (Phi) is 3.26. The SMILES string of the molecule is Nc1nnc2[nH]c(=O)c([C@H](C(=O)O)c3ccc(Cl)cc3)nn12. The first-order chi connectivity index (χ1) is 10.5. The van der Waals surface area contributed by atoms with E-state index >= 15 is 0 Å². The number of nitrogens with one attached hydrogen (secondary N) is 1. The fourth-order valence-electron chi connectivity index (χ4n) is 2.05. The number of carbonyl (C=O) groups is 1. The van der Waals surface area contributed by atoms with Crippen LogP contribution in [0.4, 0.5) is 5.95 Å². The van der Waals surface area contributed by atoms with E-state index in [1.54, 1.807) is 0 Å². The third-order valence-electron chi connectivity index (χ3n) is 3.05. The van der Waals surface area contributed by atoms with E-state index in [1.165, 1.54) is 24.3 Å². The molecule has 0 amide bonds. The van der Waals surface area contributed by atoms with Crippen LogP contribution in [0.25, 0.3) is 5.78 Å². The molecule has 9 nitrogen and oxygen atoms in total. The van der Waals surface area contributed by atoms with Crippen molar-refractivity contribution in [3.8, 4) is 0 Å². The molecule has 2 aromatic heterocycles. The molecule has 0 fully saturated rings. The zero-order chi connectivity index (χ0) is 15.9. The van der Waals surface area contributed by atoms with Gasteiger partial charge in [0.25, 0.3) is 11.3 Å². The monoisotopic (exact) mass is 320 g/mol. The summed E-state index contributed by atoms with van der Waals surface area (Å²) >= 11 is 5.79. The number of hydrogen-bond acceptors (Lipinski definition) is 6. The van der Waals surface area contributed by atoms with Gasteiger partial charge >= 0.3 is 5.97 Å². The number of nitrogen functional groups attached to an aromatic ring is 1. The summed E-state index contributed by atoms with van der Waals surface area (Å²) in [6, 6.07) is 6.10. The lowest BCUT2D eigenvalue weighted by Gasteiger charge is -2.11. The standard InChI is InChI=1S/C12H9ClN6O3/c13-6-3-1-5(2-4-6)7(10(21)22)8-9(20)15-12-17-16-11(14)19(12)18-8/h1-4,7H,(H2,14,16)(H,21,22)(H,15,17,20)/t7-/m1/s1. The molecule has 0 aliphatic heterocycles. The van der Waals surface area contributed by atoms with E-state index in [0.717, 1.165) is 4.52 Å². The Labute approximate surface area is 127 Å². The molecule has 2 heterocycles. The lowest BCUT2D eigenvalue weighted by atomic mass is 9.96. The second-order valence-corrected chi connectivity index (χ2v) is 4.89. The van der Waals surface area contributed by atoms with Gasteiger partial charge in [-0.2, -0.15) is 9.61 Å². The number of halogens is 1. The average molecular weight is 321 g/mol. The van der Waals surface area contributed by atoms with Gasteiger partial charge in [0.1, 0.15) is 11.6 Å². The van der Waals surface area contributed by atoms with Crippen LogP contribution in [0.3, 0.4) is 0 Å². The number of aliphatic carboxylic acids is 1. The van der Waals surface area contributed by atoms with E-state index in [9.17, 15) is 14.7 Å². The number of anilines is 1. The molecular formula is C12H9ClN6O3. The van der Waals surface area contributed by atoms with Crippen molar-refractivity contribution in [1.29, 1.82) is 0 Å². The van der Waals surface area contributed by atoms with Crippen molar-refractivity contribution in [1.82, 2.24) is 24.8 Å². The summed E-state index contributed by atoms with van der Waals surface area (Å²) < 4.78 is 1.07. The number of benzene rings is 1. The molecule has 3 rings (SSSR count). The Hall–Kier alpha value is -2.94. The molecule has 0 saturated heterocycles. The van der Waals surface area contributed by atoms with Crippen molar-refractivity contribution in [2.45, 2.75) is 5.92 Å². The van der Waals surface area contributed by atoms with Crippen LogP contribution in [-0.2, 0) is 4.79 Å². The number of aromatic amines is 1. The van der Waals surface area contributed by atoms with Gasteiger partial charge in [0.05, 0.1) is 0 Å². The van der Waals surface area contributed by atoms with E-state index in [1.807, 2.05) is 0 Å². The predicted octanol–water partition coefficient (Wildman–Crippen LogP) is 0.265. The molecule has 0 unspecified atom stereocenters. The van der Waals surface area contributed by atoms with Crippen molar-refractivity contribution >= 4 is 29.3 Å². The van der Waals surface area contributed by atoms with E-state index in [0.29, 0.717) is 10.6 Å². The van der Waals surface area contributed by atoms with Crippen LogP contribution in [-0.4, -0.2) is 35.9 Å². The summed E-state index contributed by atoms with van der Waals surface area (Å²) in [5, 5.41) is 21.1. The largest absolute Gasteiger partial charge is 0.480 e. The molecule has 112 valence electrons. The molecule has 10 heteroatoms. The van der Waals surface area contributed by atoms with Crippen LogP contribution in [0, 0.1) is 0 Å². The second-order valence-electron chi connectivity index (χ2n) is 4.46. The Bertz CT molecular complexity index is 917. The summed E-state index contributed by atoms with van der Waals surface area (Å²) in [7, 11) is 0. The highest BCUT2D eigenvalue weighted by molar-refractivity contribution is 6.30. The molecule has 4 N–H and O–H groups in total. The number of hydrogen-bond donors (Lipinski definition) is 3. The number of aromatic nitrogens is 5. The Balaban J connectivity index is 2.22. The summed E-state index contributed by atoms with van der Waals surface area (Å²) in [5.74, 6) is -2.53. The van der Waals surface area contributed by atoms with Gasteiger partial charge in [0.15, 0.2) is 0 Å². The first-order valence-corrected chi connectivity index (χ1v) is 6.44. The second kappa shape index (κ2) is 5.11. The lowest BCUT2D eigenvalue weighted by molar-refractivity contribution is -0.137. The highest BCUT2D eigenvalue weighted by Crippen LogP contribution is 2.23. The van der Waals surface area contributed by atoms with E-state index in [-0.39, 0.29) is 17.4 Å². The Morgan fingerprint density at radius 2 is 2.00 bits per heavy atom. The summed E-state index contributed by atoms with van der Waals surface area (Å²) in [4.78, 5) is 26.1. The maximum atomic E-state index is 12.1. The van der Waals surface area contributed by atoms with E-state index in [2.05, 4.69) is 20.3 Å². The molecule has 1 atom stereocenters.